The maximum Gasteiger partial charge on any atom is 0.149 e. The van der Waals surface area contributed by atoms with Crippen LogP contribution >= 0.6 is 0 Å². The molecule has 28 heavy (non-hydrogen) atoms. The molecule has 0 saturated heterocycles. The van der Waals surface area contributed by atoms with Gasteiger partial charge >= 0.3 is 0 Å². The van der Waals surface area contributed by atoms with E-state index in [9.17, 15) is 18.3 Å². The SMILES string of the molecule is NC[C@](O)(c1cc2c(c(-c3ccc(F)cc3)n1)OCC2(CF)CF)C1CCC1. The minimum atomic E-state index is -1.43. The number of pyridine rings is 1. The Morgan fingerprint density at radius 1 is 1.21 bits per heavy atom. The van der Waals surface area contributed by atoms with Crippen LogP contribution < -0.4 is 10.5 Å². The Balaban J connectivity index is 1.93. The Morgan fingerprint density at radius 3 is 2.43 bits per heavy atom. The molecule has 0 unspecified atom stereocenters. The van der Waals surface area contributed by atoms with Crippen molar-refractivity contribution in [2.75, 3.05) is 26.5 Å². The topological polar surface area (TPSA) is 68.4 Å². The van der Waals surface area contributed by atoms with Gasteiger partial charge in [-0.15, -0.1) is 0 Å². The van der Waals surface area contributed by atoms with E-state index < -0.39 is 30.2 Å². The van der Waals surface area contributed by atoms with Gasteiger partial charge in [-0.25, -0.2) is 18.2 Å². The number of aliphatic hydroxyl groups is 1. The van der Waals surface area contributed by atoms with Crippen molar-refractivity contribution in [3.8, 4) is 17.0 Å². The summed E-state index contributed by atoms with van der Waals surface area (Å²) in [5.74, 6) is -0.192. The average molecular weight is 392 g/mol. The number of ether oxygens (including phenoxy) is 1. The molecule has 0 radical (unpaired) electrons. The molecule has 1 aromatic carbocycles. The number of nitrogens with two attached hydrogens (primary N) is 1. The highest BCUT2D eigenvalue weighted by Gasteiger charge is 2.47. The molecule has 150 valence electrons. The fourth-order valence-electron chi connectivity index (χ4n) is 4.01. The molecule has 3 N–H and O–H groups in total. The van der Waals surface area contributed by atoms with Gasteiger partial charge in [0, 0.05) is 17.7 Å². The molecule has 4 rings (SSSR count). The summed E-state index contributed by atoms with van der Waals surface area (Å²) in [6.07, 6.45) is 2.61. The molecule has 1 atom stereocenters. The first-order valence-corrected chi connectivity index (χ1v) is 9.46. The molecule has 1 aliphatic heterocycles. The minimum absolute atomic E-state index is 0.0502. The summed E-state index contributed by atoms with van der Waals surface area (Å²) in [6.45, 7) is -2.08. The Labute approximate surface area is 161 Å². The average Bonchev–Trinajstić information content (AvgIpc) is 3.05. The number of halogens is 3. The van der Waals surface area contributed by atoms with E-state index in [1.165, 1.54) is 24.3 Å². The van der Waals surface area contributed by atoms with Crippen LogP contribution in [-0.2, 0) is 11.0 Å². The van der Waals surface area contributed by atoms with Gasteiger partial charge in [0.05, 0.1) is 11.1 Å². The van der Waals surface area contributed by atoms with Gasteiger partial charge < -0.3 is 15.6 Å². The van der Waals surface area contributed by atoms with E-state index in [4.69, 9.17) is 10.5 Å². The van der Waals surface area contributed by atoms with Crippen molar-refractivity contribution < 1.29 is 23.0 Å². The van der Waals surface area contributed by atoms with Crippen LogP contribution in [-0.4, -0.2) is 36.6 Å². The van der Waals surface area contributed by atoms with Gasteiger partial charge in [-0.05, 0) is 49.1 Å². The highest BCUT2D eigenvalue weighted by atomic mass is 19.1. The molecular formula is C21H23F3N2O2. The monoisotopic (exact) mass is 392 g/mol. The number of aromatic nitrogens is 1. The molecule has 1 saturated carbocycles. The Hall–Kier alpha value is -2.12. The number of rotatable bonds is 6. The van der Waals surface area contributed by atoms with Crippen LogP contribution in [0.25, 0.3) is 11.3 Å². The Morgan fingerprint density at radius 2 is 1.89 bits per heavy atom. The number of fused-ring (bicyclic) bond motifs is 1. The largest absolute Gasteiger partial charge is 0.490 e. The molecule has 2 aromatic rings. The number of hydrogen-bond acceptors (Lipinski definition) is 4. The molecular weight excluding hydrogens is 369 g/mol. The summed E-state index contributed by atoms with van der Waals surface area (Å²) in [4.78, 5) is 4.60. The van der Waals surface area contributed by atoms with Crippen LogP contribution in [0.1, 0.15) is 30.5 Å². The second-order valence-corrected chi connectivity index (χ2v) is 7.83. The predicted octanol–water partition coefficient (Wildman–Crippen LogP) is 3.40. The maximum atomic E-state index is 13.9. The highest BCUT2D eigenvalue weighted by molar-refractivity contribution is 5.71. The molecule has 0 spiro atoms. The van der Waals surface area contributed by atoms with Gasteiger partial charge in [-0.3, -0.25) is 0 Å². The van der Waals surface area contributed by atoms with Crippen LogP contribution in [0.15, 0.2) is 30.3 Å². The van der Waals surface area contributed by atoms with E-state index in [1.807, 2.05) is 0 Å². The smallest absolute Gasteiger partial charge is 0.149 e. The molecule has 0 bridgehead atoms. The zero-order chi connectivity index (χ0) is 19.9. The third-order valence-electron chi connectivity index (χ3n) is 6.20. The first kappa shape index (κ1) is 19.2. The van der Waals surface area contributed by atoms with Crippen molar-refractivity contribution in [2.45, 2.75) is 30.3 Å². The summed E-state index contributed by atoms with van der Waals surface area (Å²) in [5.41, 5.74) is 4.60. The third kappa shape index (κ3) is 2.79. The summed E-state index contributed by atoms with van der Waals surface area (Å²) in [6, 6.07) is 7.16. The minimum Gasteiger partial charge on any atom is -0.490 e. The van der Waals surface area contributed by atoms with Gasteiger partial charge in [0.2, 0.25) is 0 Å². The van der Waals surface area contributed by atoms with Crippen molar-refractivity contribution in [1.82, 2.24) is 4.98 Å². The van der Waals surface area contributed by atoms with E-state index in [1.54, 1.807) is 6.07 Å². The highest BCUT2D eigenvalue weighted by Crippen LogP contribution is 2.48. The van der Waals surface area contributed by atoms with Gasteiger partial charge in [0.25, 0.3) is 0 Å². The lowest BCUT2D eigenvalue weighted by molar-refractivity contribution is -0.0517. The van der Waals surface area contributed by atoms with Crippen LogP contribution in [0.5, 0.6) is 5.75 Å². The van der Waals surface area contributed by atoms with Gasteiger partial charge in [0.15, 0.2) is 0 Å². The van der Waals surface area contributed by atoms with E-state index >= 15 is 0 Å². The number of hydrogen-bond donors (Lipinski definition) is 2. The van der Waals surface area contributed by atoms with Crippen molar-refractivity contribution in [3.05, 3.63) is 47.4 Å². The fourth-order valence-corrected chi connectivity index (χ4v) is 4.01. The standard InChI is InChI=1S/C21H23F3N2O2/c22-9-20(10-23)12-28-19-16(20)8-17(21(27,11-25)14-2-1-3-14)26-18(19)13-4-6-15(24)7-5-13/h4-8,14,27H,1-3,9-12,25H2/t21-/m1/s1. The van der Waals surface area contributed by atoms with Crippen LogP contribution in [0.4, 0.5) is 13.2 Å². The molecule has 1 aromatic heterocycles. The van der Waals surface area contributed by atoms with E-state index in [0.29, 0.717) is 16.8 Å². The number of benzene rings is 1. The molecule has 4 nitrogen and oxygen atoms in total. The lowest BCUT2D eigenvalue weighted by Gasteiger charge is -2.40. The quantitative estimate of drug-likeness (QED) is 0.791. The molecule has 2 heterocycles. The van der Waals surface area contributed by atoms with Crippen molar-refractivity contribution in [3.63, 3.8) is 0 Å². The summed E-state index contributed by atoms with van der Waals surface area (Å²) >= 11 is 0. The van der Waals surface area contributed by atoms with Gasteiger partial charge in [-0.1, -0.05) is 6.42 Å². The second kappa shape index (κ2) is 7.04. The lowest BCUT2D eigenvalue weighted by Crippen LogP contribution is -2.46. The second-order valence-electron chi connectivity index (χ2n) is 7.83. The normalized spacial score (nSPS) is 20.2. The van der Waals surface area contributed by atoms with Gasteiger partial charge in [-0.2, -0.15) is 0 Å². The van der Waals surface area contributed by atoms with Crippen molar-refractivity contribution in [1.29, 1.82) is 0 Å². The van der Waals surface area contributed by atoms with Gasteiger partial charge in [0.1, 0.15) is 42.8 Å². The number of nitrogens with zero attached hydrogens (tertiary/aromatic N) is 1. The van der Waals surface area contributed by atoms with E-state index in [2.05, 4.69) is 4.98 Å². The summed E-state index contributed by atoms with van der Waals surface area (Å²) in [5, 5.41) is 11.3. The molecule has 1 fully saturated rings. The van der Waals surface area contributed by atoms with Crippen molar-refractivity contribution >= 4 is 0 Å². The Bertz CT molecular complexity index is 867. The van der Waals surface area contributed by atoms with E-state index in [-0.39, 0.29) is 30.5 Å². The van der Waals surface area contributed by atoms with E-state index in [0.717, 1.165) is 19.3 Å². The predicted molar refractivity (Wildman–Crippen MR) is 99.0 cm³/mol. The first-order chi connectivity index (χ1) is 13.5. The lowest BCUT2D eigenvalue weighted by atomic mass is 9.70. The molecule has 7 heteroatoms. The van der Waals surface area contributed by atoms with Crippen LogP contribution in [0.3, 0.4) is 0 Å². The molecule has 2 aliphatic rings. The Kier molecular flexibility index (Phi) is 4.83. The summed E-state index contributed by atoms with van der Waals surface area (Å²) in [7, 11) is 0. The fraction of sp³-hybridized carbons (Fsp3) is 0.476. The summed E-state index contributed by atoms with van der Waals surface area (Å²) < 4.78 is 46.8. The van der Waals surface area contributed by atoms with Crippen LogP contribution in [0.2, 0.25) is 0 Å². The molecule has 1 aliphatic carbocycles. The zero-order valence-corrected chi connectivity index (χ0v) is 15.4. The zero-order valence-electron chi connectivity index (χ0n) is 15.4. The third-order valence-corrected chi connectivity index (χ3v) is 6.20. The first-order valence-electron chi connectivity index (χ1n) is 9.46. The number of alkyl halides is 2. The molecule has 0 amide bonds. The maximum absolute atomic E-state index is 13.9. The van der Waals surface area contributed by atoms with Crippen LogP contribution in [0, 0.1) is 11.7 Å². The van der Waals surface area contributed by atoms with Crippen molar-refractivity contribution in [2.24, 2.45) is 11.7 Å².